The fourth-order valence-corrected chi connectivity index (χ4v) is 6.54. The maximum Gasteiger partial charge on any atom is 0.414 e. The predicted molar refractivity (Wildman–Crippen MR) is 153 cm³/mol. The minimum absolute atomic E-state index is 0.139. The van der Waals surface area contributed by atoms with E-state index in [4.69, 9.17) is 4.74 Å². The highest BCUT2D eigenvalue weighted by atomic mass is 19.1. The fraction of sp³-hybridized carbons (Fsp3) is 0.562. The normalized spacial score (nSPS) is 20.9. The number of benzene rings is 2. The van der Waals surface area contributed by atoms with Gasteiger partial charge < -0.3 is 14.7 Å². The van der Waals surface area contributed by atoms with E-state index in [0.717, 1.165) is 68.7 Å². The van der Waals surface area contributed by atoms with E-state index in [-0.39, 0.29) is 22.9 Å². The van der Waals surface area contributed by atoms with Gasteiger partial charge in [0, 0.05) is 24.1 Å². The van der Waals surface area contributed by atoms with E-state index < -0.39 is 17.8 Å². The van der Waals surface area contributed by atoms with E-state index in [1.165, 1.54) is 6.07 Å². The lowest BCUT2D eigenvalue weighted by Crippen LogP contribution is -2.49. The Morgan fingerprint density at radius 3 is 2.35 bits per heavy atom. The Kier molecular flexibility index (Phi) is 8.32. The monoisotopic (exact) mass is 551 g/mol. The maximum absolute atomic E-state index is 14.3. The van der Waals surface area contributed by atoms with Crippen molar-refractivity contribution >= 4 is 17.6 Å². The number of carbonyl (C=O) groups excluding carboxylic acids is 2. The highest BCUT2D eigenvalue weighted by Gasteiger charge is 2.47. The summed E-state index contributed by atoms with van der Waals surface area (Å²) in [5.74, 6) is 0.0576. The molecule has 1 amide bonds. The quantitative estimate of drug-likeness (QED) is 0.517. The summed E-state index contributed by atoms with van der Waals surface area (Å²) in [6.07, 6.45) is 2.50. The molecule has 3 aliphatic heterocycles. The first-order chi connectivity index (χ1) is 19.0. The molecule has 0 saturated carbocycles. The van der Waals surface area contributed by atoms with Crippen LogP contribution >= 0.6 is 0 Å². The summed E-state index contributed by atoms with van der Waals surface area (Å²) in [6.45, 7) is 10.2. The Morgan fingerprint density at radius 2 is 1.70 bits per heavy atom. The molecule has 2 saturated heterocycles. The number of piperidine rings is 2. The summed E-state index contributed by atoms with van der Waals surface area (Å²) in [7, 11) is 0. The van der Waals surface area contributed by atoms with Crippen LogP contribution in [-0.2, 0) is 10.2 Å². The average Bonchev–Trinajstić information content (AvgIpc) is 3.23. The lowest BCUT2D eigenvalue weighted by Gasteiger charge is -2.42. The Balaban J connectivity index is 1.14. The van der Waals surface area contributed by atoms with Crippen LogP contribution in [0, 0.1) is 11.7 Å². The molecule has 0 aromatic heterocycles. The van der Waals surface area contributed by atoms with Crippen LogP contribution in [-0.4, -0.2) is 84.3 Å². The van der Waals surface area contributed by atoms with Crippen LogP contribution in [0.3, 0.4) is 0 Å². The van der Waals surface area contributed by atoms with Crippen LogP contribution in [0.2, 0.25) is 0 Å². The fourth-order valence-electron chi connectivity index (χ4n) is 6.54. The number of Topliss-reactive ketones (excluding diaryl/α,β-unsaturated/α-hetero) is 1. The number of aliphatic hydroxyl groups is 1. The van der Waals surface area contributed by atoms with Crippen LogP contribution in [0.25, 0.3) is 0 Å². The van der Waals surface area contributed by atoms with Crippen molar-refractivity contribution in [1.29, 1.82) is 0 Å². The standard InChI is InChI=1S/C32H42FN3O4/c1-31(2,3)40-30(39)36-22-32(26-19-25(33)9-10-27(26)36)13-17-35(18-14-32)21-29(38)24-11-15-34(16-12-24)20-28(37)23-7-5-4-6-8-23/h4-10,19,24,29,38H,11-18,20-22H2,1-3H3. The molecule has 40 heavy (non-hydrogen) atoms. The number of amides is 1. The van der Waals surface area contributed by atoms with Gasteiger partial charge in [0.25, 0.3) is 0 Å². The SMILES string of the molecule is CC(C)(C)OC(=O)N1CC2(CCN(CC(O)C3CCN(CC(=O)c4ccccc4)CC3)CC2)c2cc(F)ccc21. The van der Waals surface area contributed by atoms with Gasteiger partial charge in [-0.05, 0) is 102 Å². The van der Waals surface area contributed by atoms with Crippen molar-refractivity contribution in [2.24, 2.45) is 5.92 Å². The number of ketones is 1. The third-order valence-corrected chi connectivity index (χ3v) is 8.79. The van der Waals surface area contributed by atoms with Crippen LogP contribution in [0.4, 0.5) is 14.9 Å². The maximum atomic E-state index is 14.3. The second-order valence-corrected chi connectivity index (χ2v) is 12.8. The number of halogens is 1. The summed E-state index contributed by atoms with van der Waals surface area (Å²) >= 11 is 0. The van der Waals surface area contributed by atoms with Gasteiger partial charge in [-0.25, -0.2) is 9.18 Å². The van der Waals surface area contributed by atoms with Gasteiger partial charge in [-0.3, -0.25) is 14.6 Å². The number of carbonyl (C=O) groups is 2. The molecule has 2 aromatic rings. The number of rotatable bonds is 6. The topological polar surface area (TPSA) is 73.3 Å². The molecule has 8 heteroatoms. The molecule has 0 bridgehead atoms. The summed E-state index contributed by atoms with van der Waals surface area (Å²) in [6, 6.07) is 14.1. The Bertz CT molecular complexity index is 1200. The highest BCUT2D eigenvalue weighted by molar-refractivity contribution is 5.97. The highest BCUT2D eigenvalue weighted by Crippen LogP contribution is 2.47. The van der Waals surface area contributed by atoms with Gasteiger partial charge in [-0.15, -0.1) is 0 Å². The molecule has 0 radical (unpaired) electrons. The first kappa shape index (κ1) is 28.7. The number of likely N-dealkylation sites (tertiary alicyclic amines) is 2. The van der Waals surface area contributed by atoms with Crippen LogP contribution in [0.5, 0.6) is 0 Å². The van der Waals surface area contributed by atoms with Gasteiger partial charge in [0.1, 0.15) is 11.4 Å². The first-order valence-corrected chi connectivity index (χ1v) is 14.5. The zero-order valence-corrected chi connectivity index (χ0v) is 23.9. The van der Waals surface area contributed by atoms with Crippen molar-refractivity contribution in [1.82, 2.24) is 9.80 Å². The summed E-state index contributed by atoms with van der Waals surface area (Å²) in [4.78, 5) is 31.7. The molecular formula is C32H42FN3O4. The van der Waals surface area contributed by atoms with Gasteiger partial charge in [-0.2, -0.15) is 0 Å². The Morgan fingerprint density at radius 1 is 1.02 bits per heavy atom. The van der Waals surface area contributed by atoms with E-state index in [1.807, 2.05) is 51.1 Å². The van der Waals surface area contributed by atoms with Gasteiger partial charge >= 0.3 is 6.09 Å². The van der Waals surface area contributed by atoms with E-state index in [9.17, 15) is 19.1 Å². The lowest BCUT2D eigenvalue weighted by atomic mass is 9.74. The third kappa shape index (κ3) is 6.40. The second-order valence-electron chi connectivity index (χ2n) is 12.8. The number of aliphatic hydroxyl groups excluding tert-OH is 1. The molecular weight excluding hydrogens is 509 g/mol. The van der Waals surface area contributed by atoms with Crippen molar-refractivity contribution in [2.45, 2.75) is 63.6 Å². The molecule has 1 N–H and O–H groups in total. The molecule has 216 valence electrons. The molecule has 1 atom stereocenters. The minimum Gasteiger partial charge on any atom is -0.443 e. The van der Waals surface area contributed by atoms with Crippen molar-refractivity contribution in [3.8, 4) is 0 Å². The molecule has 1 unspecified atom stereocenters. The van der Waals surface area contributed by atoms with Crippen LogP contribution in [0.15, 0.2) is 48.5 Å². The lowest BCUT2D eigenvalue weighted by molar-refractivity contribution is 0.0212. The van der Waals surface area contributed by atoms with E-state index in [1.54, 1.807) is 17.0 Å². The number of ether oxygens (including phenoxy) is 1. The van der Waals surface area contributed by atoms with Gasteiger partial charge in [0.15, 0.2) is 5.78 Å². The van der Waals surface area contributed by atoms with Crippen molar-refractivity contribution < 1.29 is 23.8 Å². The summed E-state index contributed by atoms with van der Waals surface area (Å²) < 4.78 is 20.0. The zero-order chi connectivity index (χ0) is 28.5. The molecule has 7 nitrogen and oxygen atoms in total. The predicted octanol–water partition coefficient (Wildman–Crippen LogP) is 4.87. The molecule has 3 heterocycles. The van der Waals surface area contributed by atoms with E-state index >= 15 is 0 Å². The molecule has 2 fully saturated rings. The second kappa shape index (κ2) is 11.6. The molecule has 0 aliphatic carbocycles. The molecule has 2 aromatic carbocycles. The first-order valence-electron chi connectivity index (χ1n) is 14.5. The van der Waals surface area contributed by atoms with Crippen molar-refractivity contribution in [3.63, 3.8) is 0 Å². The smallest absolute Gasteiger partial charge is 0.414 e. The number of anilines is 1. The van der Waals surface area contributed by atoms with Gasteiger partial charge in [0.05, 0.1) is 18.3 Å². The van der Waals surface area contributed by atoms with Crippen LogP contribution in [0.1, 0.15) is 62.4 Å². The van der Waals surface area contributed by atoms with Gasteiger partial charge in [0.2, 0.25) is 0 Å². The molecule has 1 spiro atoms. The van der Waals surface area contributed by atoms with E-state index in [0.29, 0.717) is 19.6 Å². The number of hydrogen-bond donors (Lipinski definition) is 1. The summed E-state index contributed by atoms with van der Waals surface area (Å²) in [5.41, 5.74) is 1.44. The number of nitrogens with zero attached hydrogens (tertiary/aromatic N) is 3. The Labute approximate surface area is 236 Å². The summed E-state index contributed by atoms with van der Waals surface area (Å²) in [5, 5.41) is 11.1. The van der Waals surface area contributed by atoms with Crippen molar-refractivity contribution in [2.75, 3.05) is 50.7 Å². The zero-order valence-electron chi connectivity index (χ0n) is 23.9. The molecule has 3 aliphatic rings. The molecule has 5 rings (SSSR count). The average molecular weight is 552 g/mol. The number of fused-ring (bicyclic) bond motifs is 2. The van der Waals surface area contributed by atoms with E-state index in [2.05, 4.69) is 9.80 Å². The van der Waals surface area contributed by atoms with Crippen molar-refractivity contribution in [3.05, 3.63) is 65.5 Å². The van der Waals surface area contributed by atoms with Gasteiger partial charge in [-0.1, -0.05) is 30.3 Å². The number of β-amino-alcohol motifs (C(OH)–C–C–N with tert-alkyl or cyclic N) is 1. The third-order valence-electron chi connectivity index (χ3n) is 8.79. The Hall–Kier alpha value is -2.81. The largest absolute Gasteiger partial charge is 0.443 e. The van der Waals surface area contributed by atoms with Crippen LogP contribution < -0.4 is 4.90 Å². The minimum atomic E-state index is -0.611. The number of hydrogen-bond acceptors (Lipinski definition) is 6.